The van der Waals surface area contributed by atoms with Crippen molar-refractivity contribution in [3.63, 3.8) is 0 Å². The van der Waals surface area contributed by atoms with Crippen LogP contribution < -0.4 is 21.3 Å². The molecule has 0 aromatic rings. The lowest BCUT2D eigenvalue weighted by atomic mass is 9.96. The van der Waals surface area contributed by atoms with Crippen molar-refractivity contribution in [1.82, 2.24) is 21.3 Å². The highest BCUT2D eigenvalue weighted by atomic mass is 16.8. The van der Waals surface area contributed by atoms with Gasteiger partial charge in [-0.25, -0.2) is 0 Å². The molecule has 29 nitrogen and oxygen atoms in total. The van der Waals surface area contributed by atoms with Gasteiger partial charge in [-0.3, -0.25) is 19.2 Å². The molecule has 4 saturated heterocycles. The van der Waals surface area contributed by atoms with Crippen molar-refractivity contribution in [2.45, 2.75) is 182 Å². The second-order valence-corrected chi connectivity index (χ2v) is 18.1. The minimum absolute atomic E-state index is 0.0767. The lowest BCUT2D eigenvalue weighted by Gasteiger charge is -2.46. The average molecular weight is 1050 g/mol. The smallest absolute Gasteiger partial charge is 0.220 e. The maximum absolute atomic E-state index is 13.3. The summed E-state index contributed by atoms with van der Waals surface area (Å²) in [5, 5.41) is 145. The van der Waals surface area contributed by atoms with E-state index >= 15 is 0 Å². The van der Waals surface area contributed by atoms with Crippen LogP contribution in [0, 0.1) is 5.92 Å². The molecular weight excluding hydrogens is 972 g/mol. The molecule has 4 aliphatic rings. The van der Waals surface area contributed by atoms with Gasteiger partial charge in [-0.2, -0.15) is 0 Å². The van der Waals surface area contributed by atoms with E-state index in [2.05, 4.69) is 21.3 Å². The number of carbonyl (C=O) groups excluding carboxylic acids is 4. The number of hydrogen-bond acceptors (Lipinski definition) is 25. The third kappa shape index (κ3) is 17.8. The molecule has 29 heteroatoms. The van der Waals surface area contributed by atoms with Crippen molar-refractivity contribution < 1.29 is 123 Å². The minimum atomic E-state index is -1.97. The van der Waals surface area contributed by atoms with Crippen molar-refractivity contribution >= 4 is 23.6 Å². The Labute approximate surface area is 414 Å². The van der Waals surface area contributed by atoms with Crippen LogP contribution in [0.15, 0.2) is 0 Å². The topological polar surface area (TPSA) is 453 Å². The number of carbonyl (C=O) groups is 4. The van der Waals surface area contributed by atoms with Gasteiger partial charge in [-0.15, -0.1) is 0 Å². The zero-order valence-corrected chi connectivity index (χ0v) is 40.2. The first-order valence-corrected chi connectivity index (χ1v) is 24.1. The maximum Gasteiger partial charge on any atom is 0.220 e. The number of hydrogen-bond donors (Lipinski definition) is 17. The van der Waals surface area contributed by atoms with Crippen molar-refractivity contribution in [2.24, 2.45) is 5.92 Å². The lowest BCUT2D eigenvalue weighted by Crippen LogP contribution is -2.65. The highest BCUT2D eigenvalue weighted by molar-refractivity contribution is 5.82. The number of amides is 4. The number of ether oxygens (including phenoxy) is 8. The molecule has 0 aliphatic carbocycles. The molecule has 17 N–H and O–H groups in total. The van der Waals surface area contributed by atoms with Crippen LogP contribution in [0.3, 0.4) is 0 Å². The largest absolute Gasteiger partial charge is 0.394 e. The van der Waals surface area contributed by atoms with Crippen LogP contribution in [0.4, 0.5) is 0 Å². The van der Waals surface area contributed by atoms with Crippen LogP contribution in [0.5, 0.6) is 0 Å². The number of rotatable bonds is 28. The lowest BCUT2D eigenvalue weighted by molar-refractivity contribution is -0.366. The van der Waals surface area contributed by atoms with Crippen LogP contribution >= 0.6 is 0 Å². The summed E-state index contributed by atoms with van der Waals surface area (Å²) in [5.74, 6) is -2.58. The van der Waals surface area contributed by atoms with E-state index < -0.39 is 173 Å². The van der Waals surface area contributed by atoms with Crippen LogP contribution in [0.25, 0.3) is 0 Å². The van der Waals surface area contributed by atoms with E-state index in [1.54, 1.807) is 0 Å². The van der Waals surface area contributed by atoms with E-state index in [0.717, 1.165) is 0 Å². The fourth-order valence-electron chi connectivity index (χ4n) is 8.27. The summed E-state index contributed by atoms with van der Waals surface area (Å²) in [4.78, 5) is 51.0. The van der Waals surface area contributed by atoms with Gasteiger partial charge in [-0.1, -0.05) is 6.42 Å². The minimum Gasteiger partial charge on any atom is -0.394 e. The van der Waals surface area contributed by atoms with Crippen LogP contribution in [-0.4, -0.2) is 272 Å². The molecule has 4 heterocycles. The van der Waals surface area contributed by atoms with Gasteiger partial charge < -0.3 is 126 Å². The molecule has 418 valence electrons. The van der Waals surface area contributed by atoms with Crippen molar-refractivity contribution in [2.75, 3.05) is 59.2 Å². The number of unbranched alkanes of at least 4 members (excludes halogenated alkanes) is 2. The van der Waals surface area contributed by atoms with E-state index in [0.29, 0.717) is 32.2 Å². The second kappa shape index (κ2) is 30.6. The third-order valence-corrected chi connectivity index (χ3v) is 12.5. The van der Waals surface area contributed by atoms with Crippen LogP contribution in [0.1, 0.15) is 58.8 Å². The van der Waals surface area contributed by atoms with Crippen LogP contribution in [-0.2, 0) is 57.1 Å². The Balaban J connectivity index is 1.36. The van der Waals surface area contributed by atoms with Gasteiger partial charge in [0.15, 0.2) is 25.2 Å². The zero-order chi connectivity index (χ0) is 53.2. The second-order valence-electron chi connectivity index (χ2n) is 18.1. The summed E-state index contributed by atoms with van der Waals surface area (Å²) in [6.07, 6.45) is -31.6. The van der Waals surface area contributed by atoms with E-state index in [1.165, 1.54) is 6.92 Å². The van der Waals surface area contributed by atoms with E-state index in [9.17, 15) is 85.6 Å². The molecule has 4 aliphatic heterocycles. The quantitative estimate of drug-likeness (QED) is 0.0324. The molecule has 72 heavy (non-hydrogen) atoms. The Bertz CT molecular complexity index is 1640. The summed E-state index contributed by atoms with van der Waals surface area (Å²) >= 11 is 0. The Kier molecular flexibility index (Phi) is 26.1. The number of aliphatic hydroxyl groups excluding tert-OH is 13. The summed E-state index contributed by atoms with van der Waals surface area (Å²) in [6.45, 7) is 0.801. The molecule has 0 aromatic carbocycles. The van der Waals surface area contributed by atoms with Crippen molar-refractivity contribution in [1.29, 1.82) is 0 Å². The summed E-state index contributed by atoms with van der Waals surface area (Å²) < 4.78 is 44.3. The standard InChI is InChI=1S/C43H76N4O25/c1-3-44-24(50)7-5-4-6-8-45-25(51)13-20(14-26(52)46-9-11-65-40-35(61)32(58)28(54)19(2)68-40)15-27(53)47-10-12-66-42-38(64)39(72-43-37(63)34(60)30(56)22(17-49)70-43)31(57)23(71-42)18-67-41-36(62)33(59)29(55)21(16-48)69-41/h19-23,28-43,48-49,54-64H,3-18H2,1-2H3,(H,44,50)(H,45,51)(H,46,52)(H,47,53)/t19-,20?,21+,22+,23+,28+,29+,30+,31+,32+,33-,34-,35-,36-,37-,38-,39-,40+,41-,42-,43+/m0/s1. The predicted molar refractivity (Wildman–Crippen MR) is 237 cm³/mol. The first-order chi connectivity index (χ1) is 34.2. The SMILES string of the molecule is CCNC(=O)CCCCCNC(=O)CC(CC(=O)NCCO[C@@H]1O[C@@H](C)[C@@H](O)[C@@H](O)[C@@H]1O)CC(=O)NCCO[C@H]1O[C@H](CO[C@H]2O[C@H](CO)[C@@H](O)[C@H](O)[C@@H]2O)[C@@H](O)[C@H](O[C@H]2O[C@H](CO)[C@@H](O)[C@H](O)[C@@H]2O)[C@@H]1O. The molecule has 21 atom stereocenters. The number of nitrogens with one attached hydrogen (secondary N) is 4. The van der Waals surface area contributed by atoms with Gasteiger partial charge in [-0.05, 0) is 32.6 Å². The molecule has 0 radical (unpaired) electrons. The van der Waals surface area contributed by atoms with E-state index in [4.69, 9.17) is 37.9 Å². The first-order valence-electron chi connectivity index (χ1n) is 24.1. The Morgan fingerprint density at radius 1 is 0.472 bits per heavy atom. The Hall–Kier alpha value is -2.96. The molecular formula is C43H76N4O25. The van der Waals surface area contributed by atoms with Crippen molar-refractivity contribution in [3.8, 4) is 0 Å². The van der Waals surface area contributed by atoms with Crippen molar-refractivity contribution in [3.05, 3.63) is 0 Å². The summed E-state index contributed by atoms with van der Waals surface area (Å²) in [7, 11) is 0. The van der Waals surface area contributed by atoms with Gasteiger partial charge in [0.1, 0.15) is 91.6 Å². The predicted octanol–water partition coefficient (Wildman–Crippen LogP) is -8.87. The van der Waals surface area contributed by atoms with Gasteiger partial charge in [0.05, 0.1) is 39.1 Å². The molecule has 0 spiro atoms. The third-order valence-electron chi connectivity index (χ3n) is 12.5. The number of aliphatic hydroxyl groups is 13. The summed E-state index contributed by atoms with van der Waals surface area (Å²) in [6, 6.07) is 0. The molecule has 0 saturated carbocycles. The normalized spacial score (nSPS) is 37.6. The average Bonchev–Trinajstić information content (AvgIpc) is 3.34. The first kappa shape index (κ1) is 61.6. The fourth-order valence-corrected chi connectivity index (χ4v) is 8.27. The zero-order valence-electron chi connectivity index (χ0n) is 40.2. The molecule has 4 fully saturated rings. The van der Waals surface area contributed by atoms with E-state index in [-0.39, 0.29) is 51.4 Å². The highest BCUT2D eigenvalue weighted by Crippen LogP contribution is 2.31. The van der Waals surface area contributed by atoms with Gasteiger partial charge in [0.25, 0.3) is 0 Å². The van der Waals surface area contributed by atoms with E-state index in [1.807, 2.05) is 6.92 Å². The highest BCUT2D eigenvalue weighted by Gasteiger charge is 2.52. The molecule has 4 amide bonds. The van der Waals surface area contributed by atoms with Gasteiger partial charge in [0.2, 0.25) is 23.6 Å². The molecule has 4 rings (SSSR count). The van der Waals surface area contributed by atoms with Gasteiger partial charge >= 0.3 is 0 Å². The summed E-state index contributed by atoms with van der Waals surface area (Å²) in [5.41, 5.74) is 0. The van der Waals surface area contributed by atoms with Crippen LogP contribution in [0.2, 0.25) is 0 Å². The fraction of sp³-hybridized carbons (Fsp3) is 0.907. The maximum atomic E-state index is 13.3. The molecule has 1 unspecified atom stereocenters. The molecule has 0 bridgehead atoms. The Morgan fingerprint density at radius 2 is 0.931 bits per heavy atom. The monoisotopic (exact) mass is 1050 g/mol. The molecule has 0 aromatic heterocycles. The Morgan fingerprint density at radius 3 is 1.46 bits per heavy atom. The van der Waals surface area contributed by atoms with Gasteiger partial charge in [0, 0.05) is 51.9 Å².